The van der Waals surface area contributed by atoms with E-state index in [1.807, 2.05) is 0 Å². The van der Waals surface area contributed by atoms with Gasteiger partial charge in [0.25, 0.3) is 0 Å². The number of ether oxygens (including phenoxy) is 1. The molecule has 1 saturated heterocycles. The molecule has 3 atom stereocenters. The summed E-state index contributed by atoms with van der Waals surface area (Å²) in [6.45, 7) is 1.53. The molecule has 3 rings (SSSR count). The van der Waals surface area contributed by atoms with E-state index in [4.69, 9.17) is 4.74 Å². The minimum Gasteiger partial charge on any atom is -0.467 e. The molecule has 2 amide bonds. The number of esters is 1. The van der Waals surface area contributed by atoms with Gasteiger partial charge in [0.15, 0.2) is 5.54 Å². The molecule has 0 N–H and O–H groups in total. The number of hydrogen-bond acceptors (Lipinski definition) is 5. The third-order valence-corrected chi connectivity index (χ3v) is 4.07. The van der Waals surface area contributed by atoms with Crippen LogP contribution in [0.25, 0.3) is 0 Å². The highest BCUT2D eigenvalue weighted by molar-refractivity contribution is 6.28. The Bertz CT molecular complexity index is 655. The monoisotopic (exact) mass is 286 g/mol. The van der Waals surface area contributed by atoms with E-state index >= 15 is 0 Å². The zero-order valence-electron chi connectivity index (χ0n) is 11.6. The first kappa shape index (κ1) is 13.5. The molecule has 0 saturated carbocycles. The number of amides is 2. The van der Waals surface area contributed by atoms with E-state index in [1.165, 1.54) is 20.2 Å². The summed E-state index contributed by atoms with van der Waals surface area (Å²) >= 11 is 0. The molecule has 1 aromatic carbocycles. The van der Waals surface area contributed by atoms with Crippen molar-refractivity contribution in [1.82, 2.24) is 0 Å². The highest BCUT2D eigenvalue weighted by Gasteiger charge is 2.62. The third kappa shape index (κ3) is 1.72. The Hall–Kier alpha value is -2.50. The number of benzene rings is 1. The van der Waals surface area contributed by atoms with Crippen molar-refractivity contribution in [2.75, 3.05) is 12.0 Å². The lowest BCUT2D eigenvalue weighted by molar-refractivity contribution is -0.150. The molecule has 1 aromatic rings. The maximum atomic E-state index is 12.7. The van der Waals surface area contributed by atoms with Gasteiger partial charge in [-0.25, -0.2) is 9.69 Å². The Morgan fingerprint density at radius 1 is 1.24 bits per heavy atom. The zero-order valence-corrected chi connectivity index (χ0v) is 11.6. The maximum Gasteiger partial charge on any atom is 0.334 e. The van der Waals surface area contributed by atoms with Crippen molar-refractivity contribution in [2.45, 2.75) is 12.5 Å². The van der Waals surface area contributed by atoms with Crippen molar-refractivity contribution in [3.8, 4) is 0 Å². The van der Waals surface area contributed by atoms with Crippen molar-refractivity contribution in [2.24, 2.45) is 16.8 Å². The lowest BCUT2D eigenvalue weighted by Gasteiger charge is -2.24. The molecule has 6 heteroatoms. The number of para-hydroxylation sites is 1. The van der Waals surface area contributed by atoms with Gasteiger partial charge in [-0.2, -0.15) is 0 Å². The van der Waals surface area contributed by atoms with Gasteiger partial charge in [0.05, 0.1) is 24.6 Å². The summed E-state index contributed by atoms with van der Waals surface area (Å²) in [6, 6.07) is 8.66. The molecule has 0 spiro atoms. The molecule has 21 heavy (non-hydrogen) atoms. The first-order valence-corrected chi connectivity index (χ1v) is 6.57. The second-order valence-electron chi connectivity index (χ2n) is 5.27. The van der Waals surface area contributed by atoms with Gasteiger partial charge in [0, 0.05) is 6.21 Å². The predicted octanol–water partition coefficient (Wildman–Crippen LogP) is 0.808. The zero-order chi connectivity index (χ0) is 15.2. The number of carbonyl (C=O) groups excluding carboxylic acids is 3. The lowest BCUT2D eigenvalue weighted by Crippen LogP contribution is -2.45. The lowest BCUT2D eigenvalue weighted by atomic mass is 9.82. The molecule has 0 bridgehead atoms. The Labute approximate surface area is 121 Å². The fraction of sp³-hybridized carbons (Fsp3) is 0.333. The number of methoxy groups -OCH3 is 1. The molecular weight excluding hydrogens is 272 g/mol. The van der Waals surface area contributed by atoms with Crippen LogP contribution in [0.15, 0.2) is 35.3 Å². The number of anilines is 1. The minimum absolute atomic E-state index is 0.354. The first-order valence-electron chi connectivity index (χ1n) is 6.57. The number of hydrogen-bond donors (Lipinski definition) is 0. The van der Waals surface area contributed by atoms with Gasteiger partial charge in [-0.05, 0) is 19.1 Å². The number of nitrogens with zero attached hydrogens (tertiary/aromatic N) is 2. The fourth-order valence-corrected chi connectivity index (χ4v) is 2.97. The molecule has 108 valence electrons. The van der Waals surface area contributed by atoms with Crippen molar-refractivity contribution in [1.29, 1.82) is 0 Å². The highest BCUT2D eigenvalue weighted by atomic mass is 16.5. The normalized spacial score (nSPS) is 30.7. The van der Waals surface area contributed by atoms with E-state index in [2.05, 4.69) is 4.99 Å². The molecule has 2 aliphatic rings. The van der Waals surface area contributed by atoms with Crippen molar-refractivity contribution in [3.05, 3.63) is 30.3 Å². The van der Waals surface area contributed by atoms with Crippen molar-refractivity contribution >= 4 is 29.7 Å². The molecule has 6 nitrogen and oxygen atoms in total. The summed E-state index contributed by atoms with van der Waals surface area (Å²) in [6.07, 6.45) is 1.39. The van der Waals surface area contributed by atoms with Crippen LogP contribution >= 0.6 is 0 Å². The largest absolute Gasteiger partial charge is 0.467 e. The van der Waals surface area contributed by atoms with Gasteiger partial charge in [0.1, 0.15) is 0 Å². The number of fused-ring (bicyclic) bond motifs is 1. The quantitative estimate of drug-likeness (QED) is 0.595. The Kier molecular flexibility index (Phi) is 2.90. The van der Waals surface area contributed by atoms with Crippen molar-refractivity contribution < 1.29 is 19.1 Å². The van der Waals surface area contributed by atoms with Gasteiger partial charge in [0.2, 0.25) is 11.8 Å². The second kappa shape index (κ2) is 4.51. The Morgan fingerprint density at radius 2 is 1.90 bits per heavy atom. The summed E-state index contributed by atoms with van der Waals surface area (Å²) in [7, 11) is 1.24. The van der Waals surface area contributed by atoms with E-state index in [9.17, 15) is 14.4 Å². The van der Waals surface area contributed by atoms with Crippen LogP contribution in [0.4, 0.5) is 5.69 Å². The molecule has 2 aliphatic heterocycles. The van der Waals surface area contributed by atoms with Crippen LogP contribution in [0.3, 0.4) is 0 Å². The molecule has 0 aliphatic carbocycles. The van der Waals surface area contributed by atoms with Gasteiger partial charge in [-0.3, -0.25) is 14.6 Å². The summed E-state index contributed by atoms with van der Waals surface area (Å²) in [5.41, 5.74) is -0.835. The highest BCUT2D eigenvalue weighted by Crippen LogP contribution is 2.42. The smallest absolute Gasteiger partial charge is 0.334 e. The van der Waals surface area contributed by atoms with E-state index in [0.29, 0.717) is 5.69 Å². The molecular formula is C15H14N2O4. The van der Waals surface area contributed by atoms with Gasteiger partial charge >= 0.3 is 5.97 Å². The van der Waals surface area contributed by atoms with Crippen LogP contribution in [0.1, 0.15) is 6.92 Å². The van der Waals surface area contributed by atoms with E-state index in [1.54, 1.807) is 30.3 Å². The SMILES string of the molecule is COC(=O)[C@]1(C)N=C[C@@H]2C(=O)N(c3ccccc3)C(=O)[C@@H]21. The number of rotatable bonds is 2. The number of aliphatic imine (C=N–C) groups is 1. The number of imide groups is 1. The van der Waals surface area contributed by atoms with Crippen LogP contribution in [0.5, 0.6) is 0 Å². The summed E-state index contributed by atoms with van der Waals surface area (Å²) in [5, 5.41) is 0. The Morgan fingerprint density at radius 3 is 2.52 bits per heavy atom. The minimum atomic E-state index is -1.34. The van der Waals surface area contributed by atoms with Crippen LogP contribution in [-0.2, 0) is 19.1 Å². The fourth-order valence-electron chi connectivity index (χ4n) is 2.97. The molecule has 0 unspecified atom stereocenters. The summed E-state index contributed by atoms with van der Waals surface area (Å²) < 4.78 is 4.74. The first-order chi connectivity index (χ1) is 10.0. The van der Waals surface area contributed by atoms with Crippen LogP contribution < -0.4 is 4.90 Å². The molecule has 1 fully saturated rings. The topological polar surface area (TPSA) is 76.0 Å². The van der Waals surface area contributed by atoms with E-state index in [0.717, 1.165) is 4.90 Å². The van der Waals surface area contributed by atoms with E-state index < -0.39 is 29.3 Å². The Balaban J connectivity index is 2.02. The standard InChI is InChI=1S/C15H14N2O4/c1-15(14(20)21-2)11-10(8-16-15)12(18)17(13(11)19)9-6-4-3-5-7-9/h3-8,10-11H,1-2H3/t10-,11+,15+/m0/s1. The summed E-state index contributed by atoms with van der Waals surface area (Å²) in [5.74, 6) is -2.92. The van der Waals surface area contributed by atoms with Crippen LogP contribution in [0, 0.1) is 11.8 Å². The summed E-state index contributed by atoms with van der Waals surface area (Å²) in [4.78, 5) is 42.3. The molecule has 2 heterocycles. The maximum absolute atomic E-state index is 12.7. The number of carbonyl (C=O) groups is 3. The van der Waals surface area contributed by atoms with Gasteiger partial charge in [-0.1, -0.05) is 18.2 Å². The third-order valence-electron chi connectivity index (χ3n) is 4.07. The van der Waals surface area contributed by atoms with Gasteiger partial charge in [-0.15, -0.1) is 0 Å². The van der Waals surface area contributed by atoms with Crippen molar-refractivity contribution in [3.63, 3.8) is 0 Å². The van der Waals surface area contributed by atoms with Crippen LogP contribution in [0.2, 0.25) is 0 Å². The van der Waals surface area contributed by atoms with E-state index in [-0.39, 0.29) is 5.91 Å². The second-order valence-corrected chi connectivity index (χ2v) is 5.27. The predicted molar refractivity (Wildman–Crippen MR) is 74.8 cm³/mol. The molecule has 0 radical (unpaired) electrons. The molecule has 0 aromatic heterocycles. The van der Waals surface area contributed by atoms with Gasteiger partial charge < -0.3 is 4.74 Å². The average Bonchev–Trinajstić information content (AvgIpc) is 2.98. The van der Waals surface area contributed by atoms with Crippen LogP contribution in [-0.4, -0.2) is 36.6 Å². The average molecular weight is 286 g/mol.